The van der Waals surface area contributed by atoms with Gasteiger partial charge in [-0.25, -0.2) is 0 Å². The molecule has 1 aromatic heterocycles. The first-order valence-electron chi connectivity index (χ1n) is 3.56. The molecule has 3 nitrogen and oxygen atoms in total. The predicted molar refractivity (Wildman–Crippen MR) is 51.4 cm³/mol. The van der Waals surface area contributed by atoms with E-state index >= 15 is 0 Å². The van der Waals surface area contributed by atoms with Gasteiger partial charge in [0.1, 0.15) is 0 Å². The normalized spacial score (nSPS) is 11.8. The molecular formula is C7H6F3IN2O. The van der Waals surface area contributed by atoms with Gasteiger partial charge in [-0.15, -0.1) is 0 Å². The van der Waals surface area contributed by atoms with Crippen molar-refractivity contribution in [1.82, 2.24) is 9.78 Å². The molecule has 1 aromatic rings. The van der Waals surface area contributed by atoms with E-state index in [0.29, 0.717) is 0 Å². The van der Waals surface area contributed by atoms with E-state index in [9.17, 15) is 18.0 Å². The maximum absolute atomic E-state index is 12.3. The predicted octanol–water partition coefficient (Wildman–Crippen LogP) is 2.06. The molecule has 0 atom stereocenters. The van der Waals surface area contributed by atoms with Crippen molar-refractivity contribution in [2.24, 2.45) is 7.05 Å². The molecule has 0 aliphatic heterocycles. The monoisotopic (exact) mass is 318 g/mol. The van der Waals surface area contributed by atoms with Crippen LogP contribution in [0.25, 0.3) is 0 Å². The largest absolute Gasteiger partial charge is 0.435 e. The summed E-state index contributed by atoms with van der Waals surface area (Å²) in [6, 6.07) is 0. The Bertz CT molecular complexity index is 358. The fraction of sp³-hybridized carbons (Fsp3) is 0.429. The minimum absolute atomic E-state index is 0.00648. The minimum atomic E-state index is -4.57. The molecule has 0 saturated carbocycles. The van der Waals surface area contributed by atoms with Crippen molar-refractivity contribution in [3.63, 3.8) is 0 Å². The zero-order valence-electron chi connectivity index (χ0n) is 7.10. The number of aromatic nitrogens is 2. The van der Waals surface area contributed by atoms with Crippen LogP contribution in [0, 0.1) is 0 Å². The molecule has 0 N–H and O–H groups in total. The van der Waals surface area contributed by atoms with Gasteiger partial charge < -0.3 is 0 Å². The first-order chi connectivity index (χ1) is 6.36. The van der Waals surface area contributed by atoms with Gasteiger partial charge in [0, 0.05) is 13.2 Å². The van der Waals surface area contributed by atoms with E-state index in [0.717, 1.165) is 10.9 Å². The summed E-state index contributed by atoms with van der Waals surface area (Å²) < 4.78 is 38.0. The highest BCUT2D eigenvalue weighted by Gasteiger charge is 2.38. The number of nitrogens with zero attached hydrogens (tertiary/aromatic N) is 2. The third-order valence-corrected chi connectivity index (χ3v) is 2.21. The van der Waals surface area contributed by atoms with E-state index in [1.807, 2.05) is 0 Å². The summed E-state index contributed by atoms with van der Waals surface area (Å²) in [5.74, 6) is -0.564. The first kappa shape index (κ1) is 11.5. The summed E-state index contributed by atoms with van der Waals surface area (Å²) in [6.07, 6.45) is -3.48. The van der Waals surface area contributed by atoms with Crippen LogP contribution in [-0.2, 0) is 13.2 Å². The van der Waals surface area contributed by atoms with E-state index in [4.69, 9.17) is 0 Å². The van der Waals surface area contributed by atoms with Gasteiger partial charge in [0.2, 0.25) is 0 Å². The zero-order valence-corrected chi connectivity index (χ0v) is 9.26. The van der Waals surface area contributed by atoms with E-state index in [-0.39, 0.29) is 9.99 Å². The Balaban J connectivity index is 3.23. The Kier molecular flexibility index (Phi) is 3.17. The summed E-state index contributed by atoms with van der Waals surface area (Å²) in [5.41, 5.74) is -1.48. The molecule has 1 rings (SSSR count). The van der Waals surface area contributed by atoms with Gasteiger partial charge in [-0.2, -0.15) is 18.3 Å². The van der Waals surface area contributed by atoms with Crippen molar-refractivity contribution in [2.75, 3.05) is 4.43 Å². The van der Waals surface area contributed by atoms with Gasteiger partial charge in [-0.3, -0.25) is 9.48 Å². The number of hydrogen-bond donors (Lipinski definition) is 0. The van der Waals surface area contributed by atoms with E-state index in [2.05, 4.69) is 5.10 Å². The number of aryl methyl sites for hydroxylation is 1. The smallest absolute Gasteiger partial charge is 0.293 e. The molecule has 14 heavy (non-hydrogen) atoms. The van der Waals surface area contributed by atoms with Gasteiger partial charge in [0.25, 0.3) is 0 Å². The van der Waals surface area contributed by atoms with Crippen LogP contribution >= 0.6 is 22.6 Å². The summed E-state index contributed by atoms with van der Waals surface area (Å²) in [5, 5.41) is 3.22. The third-order valence-electron chi connectivity index (χ3n) is 1.52. The lowest BCUT2D eigenvalue weighted by Gasteiger charge is -2.03. The molecule has 0 saturated heterocycles. The van der Waals surface area contributed by atoms with Crippen molar-refractivity contribution < 1.29 is 18.0 Å². The molecule has 7 heteroatoms. The molecule has 0 radical (unpaired) electrons. The summed E-state index contributed by atoms with van der Waals surface area (Å²) in [6.45, 7) is 0. The maximum Gasteiger partial charge on any atom is 0.435 e. The number of Topliss-reactive ketones (excluding diaryl/α,β-unsaturated/α-hetero) is 1. The molecule has 0 amide bonds. The topological polar surface area (TPSA) is 34.9 Å². The molecule has 0 unspecified atom stereocenters. The van der Waals surface area contributed by atoms with Gasteiger partial charge in [-0.05, 0) is 0 Å². The zero-order chi connectivity index (χ0) is 10.9. The number of hydrogen-bond acceptors (Lipinski definition) is 2. The Morgan fingerprint density at radius 1 is 1.64 bits per heavy atom. The molecule has 0 aromatic carbocycles. The fourth-order valence-electron chi connectivity index (χ4n) is 0.974. The molecule has 0 aliphatic rings. The second-order valence-corrected chi connectivity index (χ2v) is 3.38. The van der Waals surface area contributed by atoms with Crippen LogP contribution in [0.5, 0.6) is 0 Å². The Morgan fingerprint density at radius 3 is 2.64 bits per heavy atom. The van der Waals surface area contributed by atoms with Crippen molar-refractivity contribution in [1.29, 1.82) is 0 Å². The number of ketones is 1. The lowest BCUT2D eigenvalue weighted by atomic mass is 10.2. The number of alkyl halides is 4. The van der Waals surface area contributed by atoms with Crippen molar-refractivity contribution in [3.05, 3.63) is 17.5 Å². The lowest BCUT2D eigenvalue weighted by molar-refractivity contribution is -0.141. The summed E-state index contributed by atoms with van der Waals surface area (Å²) >= 11 is 1.72. The van der Waals surface area contributed by atoms with Crippen LogP contribution < -0.4 is 0 Å². The van der Waals surface area contributed by atoms with Crippen molar-refractivity contribution in [3.8, 4) is 0 Å². The van der Waals surface area contributed by atoms with Crippen LogP contribution in [0.15, 0.2) is 6.20 Å². The minimum Gasteiger partial charge on any atom is -0.293 e. The number of carbonyl (C=O) groups is 1. The second kappa shape index (κ2) is 3.87. The average Bonchev–Trinajstić information content (AvgIpc) is 2.45. The molecule has 0 spiro atoms. The van der Waals surface area contributed by atoms with Crippen molar-refractivity contribution >= 4 is 28.4 Å². The van der Waals surface area contributed by atoms with Crippen LogP contribution in [-0.4, -0.2) is 20.0 Å². The highest BCUT2D eigenvalue weighted by Crippen LogP contribution is 2.30. The number of halogens is 4. The van der Waals surface area contributed by atoms with E-state index < -0.39 is 17.7 Å². The van der Waals surface area contributed by atoms with E-state index in [1.165, 1.54) is 7.05 Å². The lowest BCUT2D eigenvalue weighted by Crippen LogP contribution is -2.12. The number of rotatable bonds is 2. The van der Waals surface area contributed by atoms with Gasteiger partial charge in [0.05, 0.1) is 9.99 Å². The van der Waals surface area contributed by atoms with Gasteiger partial charge in [0.15, 0.2) is 11.5 Å². The van der Waals surface area contributed by atoms with Crippen LogP contribution in [0.1, 0.15) is 16.1 Å². The quantitative estimate of drug-likeness (QED) is 0.475. The summed E-state index contributed by atoms with van der Waals surface area (Å²) in [4.78, 5) is 11.1. The van der Waals surface area contributed by atoms with Gasteiger partial charge >= 0.3 is 6.18 Å². The molecule has 1 heterocycles. The second-order valence-electron chi connectivity index (χ2n) is 2.62. The van der Waals surface area contributed by atoms with Gasteiger partial charge in [-0.1, -0.05) is 22.6 Å². The Morgan fingerprint density at radius 2 is 2.21 bits per heavy atom. The highest BCUT2D eigenvalue weighted by atomic mass is 127. The summed E-state index contributed by atoms with van der Waals surface area (Å²) in [7, 11) is 1.35. The third kappa shape index (κ3) is 2.25. The van der Waals surface area contributed by atoms with Crippen LogP contribution in [0.4, 0.5) is 13.2 Å². The standard InChI is InChI=1S/C7H6F3IN2O/c1-13-3-4(5(14)2-11)6(12-13)7(8,9)10/h3H,2H2,1H3. The van der Waals surface area contributed by atoms with E-state index in [1.54, 1.807) is 22.6 Å². The SMILES string of the molecule is Cn1cc(C(=O)CI)c(C(F)(F)F)n1. The Hall–Kier alpha value is -0.600. The molecule has 0 fully saturated rings. The van der Waals surface area contributed by atoms with Crippen molar-refractivity contribution in [2.45, 2.75) is 6.18 Å². The Labute approximate surface area is 91.4 Å². The first-order valence-corrected chi connectivity index (χ1v) is 5.09. The maximum atomic E-state index is 12.3. The molecule has 0 aliphatic carbocycles. The molecular weight excluding hydrogens is 312 g/mol. The fourth-order valence-corrected chi connectivity index (χ4v) is 1.38. The van der Waals surface area contributed by atoms with Crippen LogP contribution in [0.3, 0.4) is 0 Å². The average molecular weight is 318 g/mol. The number of carbonyl (C=O) groups excluding carboxylic acids is 1. The highest BCUT2D eigenvalue weighted by molar-refractivity contribution is 14.1. The van der Waals surface area contributed by atoms with Crippen LogP contribution in [0.2, 0.25) is 0 Å². The molecule has 0 bridgehead atoms. The molecule has 78 valence electrons.